The molecule has 0 aromatic heterocycles. The summed E-state index contributed by atoms with van der Waals surface area (Å²) < 4.78 is 24.5. The zero-order valence-corrected chi connectivity index (χ0v) is 10.4. The van der Waals surface area contributed by atoms with Gasteiger partial charge in [0.2, 0.25) is 0 Å². The molecule has 1 aliphatic carbocycles. The number of hydrogen-bond donors (Lipinski definition) is 1. The van der Waals surface area contributed by atoms with Crippen molar-refractivity contribution < 1.29 is 18.8 Å². The van der Waals surface area contributed by atoms with Gasteiger partial charge in [-0.25, -0.2) is 4.39 Å². The SMILES string of the molecule is CCOC1C(N)CC1Oc1ccc([N+](=O)[O-])cc1F. The first-order valence-corrected chi connectivity index (χ1v) is 6.00. The van der Waals surface area contributed by atoms with Crippen molar-refractivity contribution >= 4 is 5.69 Å². The lowest BCUT2D eigenvalue weighted by Crippen LogP contribution is -2.59. The Balaban J connectivity index is 2.05. The fourth-order valence-electron chi connectivity index (χ4n) is 2.02. The van der Waals surface area contributed by atoms with Crippen LogP contribution in [0.5, 0.6) is 5.75 Å². The van der Waals surface area contributed by atoms with Gasteiger partial charge in [0.1, 0.15) is 12.2 Å². The number of hydrogen-bond acceptors (Lipinski definition) is 5. The predicted octanol–water partition coefficient (Wildman–Crippen LogP) is 1.62. The standard InChI is InChI=1S/C12H15FN2O4/c1-2-18-12-9(14)6-11(12)19-10-4-3-7(15(16)17)5-8(10)13/h3-5,9,11-12H,2,6,14H2,1H3. The minimum atomic E-state index is -0.759. The molecule has 1 aromatic rings. The fourth-order valence-corrected chi connectivity index (χ4v) is 2.02. The molecule has 0 aliphatic heterocycles. The number of non-ortho nitro benzene ring substituents is 1. The van der Waals surface area contributed by atoms with E-state index in [2.05, 4.69) is 0 Å². The summed E-state index contributed by atoms with van der Waals surface area (Å²) in [4.78, 5) is 9.84. The van der Waals surface area contributed by atoms with Gasteiger partial charge in [0.05, 0.1) is 11.0 Å². The highest BCUT2D eigenvalue weighted by molar-refractivity contribution is 5.37. The number of rotatable bonds is 5. The molecular weight excluding hydrogens is 255 g/mol. The highest BCUT2D eigenvalue weighted by atomic mass is 19.1. The second kappa shape index (κ2) is 5.50. The number of nitro groups is 1. The number of nitro benzene ring substituents is 1. The van der Waals surface area contributed by atoms with E-state index in [4.69, 9.17) is 15.2 Å². The van der Waals surface area contributed by atoms with Crippen LogP contribution in [-0.4, -0.2) is 29.8 Å². The molecule has 3 atom stereocenters. The minimum absolute atomic E-state index is 0.0211. The van der Waals surface area contributed by atoms with Gasteiger partial charge in [-0.05, 0) is 13.0 Å². The third-order valence-electron chi connectivity index (χ3n) is 3.06. The third kappa shape index (κ3) is 2.82. The molecule has 0 amide bonds. The van der Waals surface area contributed by atoms with E-state index in [0.29, 0.717) is 13.0 Å². The molecule has 0 heterocycles. The van der Waals surface area contributed by atoms with E-state index in [1.165, 1.54) is 12.1 Å². The Kier molecular flexibility index (Phi) is 3.96. The summed E-state index contributed by atoms with van der Waals surface area (Å²) in [5, 5.41) is 10.5. The molecule has 0 spiro atoms. The molecule has 1 fully saturated rings. The maximum absolute atomic E-state index is 13.6. The Morgan fingerprint density at radius 1 is 1.58 bits per heavy atom. The van der Waals surface area contributed by atoms with Crippen molar-refractivity contribution in [1.82, 2.24) is 0 Å². The molecule has 0 saturated heterocycles. The number of halogens is 1. The van der Waals surface area contributed by atoms with E-state index in [-0.39, 0.29) is 29.7 Å². The van der Waals surface area contributed by atoms with Crippen LogP contribution in [0, 0.1) is 15.9 Å². The maximum atomic E-state index is 13.6. The number of ether oxygens (including phenoxy) is 2. The molecule has 2 rings (SSSR count). The van der Waals surface area contributed by atoms with Gasteiger partial charge in [0, 0.05) is 25.1 Å². The van der Waals surface area contributed by atoms with Gasteiger partial charge < -0.3 is 15.2 Å². The molecule has 1 aromatic carbocycles. The zero-order valence-electron chi connectivity index (χ0n) is 10.4. The van der Waals surface area contributed by atoms with Gasteiger partial charge >= 0.3 is 0 Å². The molecule has 104 valence electrons. The molecule has 0 radical (unpaired) electrons. The molecule has 1 aliphatic rings. The zero-order chi connectivity index (χ0) is 14.0. The topological polar surface area (TPSA) is 87.6 Å². The largest absolute Gasteiger partial charge is 0.485 e. The second-order valence-corrected chi connectivity index (χ2v) is 4.35. The van der Waals surface area contributed by atoms with Crippen LogP contribution in [0.15, 0.2) is 18.2 Å². The molecule has 0 bridgehead atoms. The van der Waals surface area contributed by atoms with E-state index in [0.717, 1.165) is 6.07 Å². The summed E-state index contributed by atoms with van der Waals surface area (Å²) >= 11 is 0. The first-order chi connectivity index (χ1) is 9.02. The van der Waals surface area contributed by atoms with Crippen molar-refractivity contribution in [3.63, 3.8) is 0 Å². The van der Waals surface area contributed by atoms with Crippen molar-refractivity contribution in [2.24, 2.45) is 5.73 Å². The highest BCUT2D eigenvalue weighted by Gasteiger charge is 2.41. The van der Waals surface area contributed by atoms with E-state index in [1.807, 2.05) is 6.92 Å². The van der Waals surface area contributed by atoms with Crippen LogP contribution >= 0.6 is 0 Å². The van der Waals surface area contributed by atoms with Crippen LogP contribution in [0.4, 0.5) is 10.1 Å². The molecule has 3 unspecified atom stereocenters. The van der Waals surface area contributed by atoms with Crippen LogP contribution < -0.4 is 10.5 Å². The Hall–Kier alpha value is -1.73. The average molecular weight is 270 g/mol. The van der Waals surface area contributed by atoms with E-state index >= 15 is 0 Å². The molecule has 1 saturated carbocycles. The van der Waals surface area contributed by atoms with Gasteiger partial charge in [-0.2, -0.15) is 0 Å². The summed E-state index contributed by atoms with van der Waals surface area (Å²) in [5.74, 6) is -0.780. The molecule has 19 heavy (non-hydrogen) atoms. The van der Waals surface area contributed by atoms with Gasteiger partial charge in [0.25, 0.3) is 5.69 Å². The highest BCUT2D eigenvalue weighted by Crippen LogP contribution is 2.30. The van der Waals surface area contributed by atoms with Gasteiger partial charge in [-0.3, -0.25) is 10.1 Å². The monoisotopic (exact) mass is 270 g/mol. The van der Waals surface area contributed by atoms with Crippen LogP contribution in [0.1, 0.15) is 13.3 Å². The summed E-state index contributed by atoms with van der Waals surface area (Å²) in [6, 6.07) is 3.17. The van der Waals surface area contributed by atoms with Crippen molar-refractivity contribution in [2.45, 2.75) is 31.6 Å². The second-order valence-electron chi connectivity index (χ2n) is 4.35. The Morgan fingerprint density at radius 2 is 2.32 bits per heavy atom. The van der Waals surface area contributed by atoms with Crippen LogP contribution in [0.25, 0.3) is 0 Å². The summed E-state index contributed by atoms with van der Waals surface area (Å²) in [6.07, 6.45) is -0.00771. The van der Waals surface area contributed by atoms with Crippen molar-refractivity contribution in [2.75, 3.05) is 6.61 Å². The van der Waals surface area contributed by atoms with Gasteiger partial charge in [-0.1, -0.05) is 0 Å². The first kappa shape index (κ1) is 13.7. The van der Waals surface area contributed by atoms with E-state index < -0.39 is 10.7 Å². The van der Waals surface area contributed by atoms with E-state index in [9.17, 15) is 14.5 Å². The minimum Gasteiger partial charge on any atom is -0.485 e. The average Bonchev–Trinajstić information content (AvgIpc) is 2.37. The van der Waals surface area contributed by atoms with E-state index in [1.54, 1.807) is 0 Å². The Labute approximate surface area is 109 Å². The lowest BCUT2D eigenvalue weighted by atomic mass is 9.86. The fraction of sp³-hybridized carbons (Fsp3) is 0.500. The van der Waals surface area contributed by atoms with Gasteiger partial charge in [-0.15, -0.1) is 0 Å². The lowest BCUT2D eigenvalue weighted by Gasteiger charge is -2.41. The lowest BCUT2D eigenvalue weighted by molar-refractivity contribution is -0.385. The Bertz CT molecular complexity index is 483. The van der Waals surface area contributed by atoms with Crippen molar-refractivity contribution in [3.8, 4) is 5.75 Å². The quantitative estimate of drug-likeness (QED) is 0.648. The summed E-state index contributed by atoms with van der Waals surface area (Å²) in [7, 11) is 0. The third-order valence-corrected chi connectivity index (χ3v) is 3.06. The summed E-state index contributed by atoms with van der Waals surface area (Å²) in [5.41, 5.74) is 5.46. The normalized spacial score (nSPS) is 25.7. The summed E-state index contributed by atoms with van der Waals surface area (Å²) in [6.45, 7) is 2.34. The van der Waals surface area contributed by atoms with Crippen molar-refractivity contribution in [3.05, 3.63) is 34.1 Å². The van der Waals surface area contributed by atoms with Crippen LogP contribution in [0.3, 0.4) is 0 Å². The Morgan fingerprint density at radius 3 is 2.84 bits per heavy atom. The van der Waals surface area contributed by atoms with Crippen LogP contribution in [-0.2, 0) is 4.74 Å². The van der Waals surface area contributed by atoms with Crippen molar-refractivity contribution in [1.29, 1.82) is 0 Å². The molecule has 7 heteroatoms. The number of nitrogens with two attached hydrogens (primary N) is 1. The number of benzene rings is 1. The predicted molar refractivity (Wildman–Crippen MR) is 65.5 cm³/mol. The first-order valence-electron chi connectivity index (χ1n) is 6.00. The number of nitrogens with zero attached hydrogens (tertiary/aromatic N) is 1. The molecule has 2 N–H and O–H groups in total. The van der Waals surface area contributed by atoms with Crippen LogP contribution in [0.2, 0.25) is 0 Å². The smallest absolute Gasteiger partial charge is 0.272 e. The molecule has 6 nitrogen and oxygen atoms in total. The molecular formula is C12H15FN2O4. The van der Waals surface area contributed by atoms with Gasteiger partial charge in [0.15, 0.2) is 11.6 Å². The maximum Gasteiger partial charge on any atom is 0.272 e.